The van der Waals surface area contributed by atoms with E-state index in [1.807, 2.05) is 0 Å². The number of nitrogens with zero attached hydrogens (tertiary/aromatic N) is 2. The fraction of sp³-hybridized carbons (Fsp3) is 0.725. The summed E-state index contributed by atoms with van der Waals surface area (Å²) in [6.45, 7) is 11.9. The second-order valence-electron chi connectivity index (χ2n) is 16.7. The van der Waals surface area contributed by atoms with Crippen molar-refractivity contribution in [1.82, 2.24) is 52.3 Å². The van der Waals surface area contributed by atoms with Gasteiger partial charge in [-0.3, -0.25) is 52.7 Å². The summed E-state index contributed by atoms with van der Waals surface area (Å²) in [6.07, 6.45) is 2.59. The molecule has 3 fully saturated rings. The zero-order valence-corrected chi connectivity index (χ0v) is 38.6. The number of likely N-dealkylation sites (tertiary alicyclic amines) is 1. The second kappa shape index (κ2) is 24.0. The van der Waals surface area contributed by atoms with Gasteiger partial charge in [0.15, 0.2) is 0 Å². The average molecular weight is 923 g/mol. The normalized spacial score (nSPS) is 22.8. The third-order valence-corrected chi connectivity index (χ3v) is 12.8. The van der Waals surface area contributed by atoms with Gasteiger partial charge in [-0.1, -0.05) is 0 Å². The van der Waals surface area contributed by atoms with Gasteiger partial charge in [0.05, 0.1) is 0 Å². The standard InChI is InChI=1S/C40H66N12O11S/c1-18(31(42)54)43-32(55)19(2)44-35(58)22(5)48-38(61)28(11-9-10-14-41)50-37(60)24(7)47-34(57)21(4)45-33(56)20(3)46-36(59)23(6)49-39(62)29-13-12-26-17-64-27-15-30(40(63)52(26)29)51(16-27)25(8)53/h18-24,26-30H,9-17,41H2,1-8H3,(H2,42,54)(H,43,55)(H,44,58)(H,45,56)(H,46,59)(H,47,57)(H,48,61)(H,49,62)(H,50,60)/t18-,19-,20-,21-,22-,23-,24-,26?,27+,28-,29-,30+/m0/s1. The lowest BCUT2D eigenvalue weighted by Gasteiger charge is -2.35. The van der Waals surface area contributed by atoms with Crippen molar-refractivity contribution in [3.63, 3.8) is 0 Å². The number of nitrogens with two attached hydrogens (primary N) is 2. The zero-order valence-electron chi connectivity index (χ0n) is 37.7. The van der Waals surface area contributed by atoms with Crippen molar-refractivity contribution in [1.29, 1.82) is 0 Å². The molecule has 0 spiro atoms. The molecule has 3 aliphatic heterocycles. The molecule has 0 saturated carbocycles. The van der Waals surface area contributed by atoms with E-state index in [2.05, 4.69) is 42.5 Å². The number of carbonyl (C=O) groups excluding carboxylic acids is 11. The molecule has 0 radical (unpaired) electrons. The minimum atomic E-state index is -1.20. The number of carbonyl (C=O) groups is 11. The van der Waals surface area contributed by atoms with Crippen LogP contribution in [0.2, 0.25) is 0 Å². The van der Waals surface area contributed by atoms with E-state index in [1.54, 1.807) is 21.6 Å². The SMILES string of the molecule is CC(=O)N1C[C@H]2C[C@@H]1C(=O)N1C(CC[C@H]1C(=O)N[C@@H](C)C(=O)N[C@@H](C)C(=O)N[C@@H](C)C(=O)N[C@@H](C)C(=O)N[C@@H](CCCCN)C(=O)N[C@@H](C)C(=O)N[C@@H](C)C(=O)N[C@@H](C)C(N)=O)CS2. The van der Waals surface area contributed by atoms with Crippen LogP contribution in [0.3, 0.4) is 0 Å². The van der Waals surface area contributed by atoms with Crippen molar-refractivity contribution in [2.75, 3.05) is 18.8 Å². The Kier molecular flexibility index (Phi) is 19.8. The lowest BCUT2D eigenvalue weighted by atomic mass is 10.1. The molecule has 12 N–H and O–H groups in total. The summed E-state index contributed by atoms with van der Waals surface area (Å²) in [5.74, 6) is -6.22. The van der Waals surface area contributed by atoms with E-state index in [9.17, 15) is 52.7 Å². The van der Waals surface area contributed by atoms with Gasteiger partial charge in [-0.2, -0.15) is 11.8 Å². The number of rotatable bonds is 21. The molecule has 12 atom stereocenters. The van der Waals surface area contributed by atoms with Gasteiger partial charge in [-0.15, -0.1) is 0 Å². The summed E-state index contributed by atoms with van der Waals surface area (Å²) in [4.78, 5) is 145. The van der Waals surface area contributed by atoms with E-state index in [4.69, 9.17) is 11.5 Å². The zero-order chi connectivity index (χ0) is 48.2. The van der Waals surface area contributed by atoms with Crippen LogP contribution in [-0.2, 0) is 52.7 Å². The molecule has 3 aliphatic rings. The van der Waals surface area contributed by atoms with E-state index >= 15 is 0 Å². The van der Waals surface area contributed by atoms with Crippen LogP contribution in [0, 0.1) is 0 Å². The molecule has 1 unspecified atom stereocenters. The van der Waals surface area contributed by atoms with Gasteiger partial charge in [0.25, 0.3) is 0 Å². The highest BCUT2D eigenvalue weighted by Crippen LogP contribution is 2.38. The predicted octanol–water partition coefficient (Wildman–Crippen LogP) is -4.29. The molecule has 0 aromatic rings. The lowest BCUT2D eigenvalue weighted by Crippen LogP contribution is -2.59. The largest absolute Gasteiger partial charge is 0.368 e. The van der Waals surface area contributed by atoms with Crippen LogP contribution in [-0.4, -0.2) is 165 Å². The van der Waals surface area contributed by atoms with Crippen LogP contribution in [0.4, 0.5) is 0 Å². The number of hydrogen-bond acceptors (Lipinski definition) is 13. The highest BCUT2D eigenvalue weighted by atomic mass is 32.2. The Morgan fingerprint density at radius 1 is 0.625 bits per heavy atom. The summed E-state index contributed by atoms with van der Waals surface area (Å²) in [5, 5.41) is 20.1. The number of thioether (sulfide) groups is 1. The smallest absolute Gasteiger partial charge is 0.246 e. The van der Waals surface area contributed by atoms with Crippen LogP contribution in [0.25, 0.3) is 0 Å². The molecule has 358 valence electrons. The molecule has 0 aromatic heterocycles. The quantitative estimate of drug-likeness (QED) is 0.0488. The first-order valence-electron chi connectivity index (χ1n) is 21.6. The fourth-order valence-corrected chi connectivity index (χ4v) is 8.80. The van der Waals surface area contributed by atoms with E-state index in [0.29, 0.717) is 50.9 Å². The molecule has 0 aliphatic carbocycles. The topological polar surface area (TPSA) is 343 Å². The number of unbranched alkanes of at least 4 members (excludes halogenated alkanes) is 1. The maximum atomic E-state index is 13.7. The van der Waals surface area contributed by atoms with Crippen LogP contribution >= 0.6 is 11.8 Å². The maximum absolute atomic E-state index is 13.7. The second-order valence-corrected chi connectivity index (χ2v) is 18.1. The number of amides is 11. The number of hydrogen-bond donors (Lipinski definition) is 10. The maximum Gasteiger partial charge on any atom is 0.246 e. The lowest BCUT2D eigenvalue weighted by molar-refractivity contribution is -0.147. The molecule has 0 aromatic carbocycles. The van der Waals surface area contributed by atoms with E-state index in [0.717, 1.165) is 0 Å². The molecular weight excluding hydrogens is 857 g/mol. The molecule has 64 heavy (non-hydrogen) atoms. The van der Waals surface area contributed by atoms with Crippen molar-refractivity contribution >= 4 is 76.7 Å². The van der Waals surface area contributed by atoms with Crippen LogP contribution in [0.15, 0.2) is 0 Å². The van der Waals surface area contributed by atoms with Crippen molar-refractivity contribution in [3.05, 3.63) is 0 Å². The molecule has 3 saturated heterocycles. The Morgan fingerprint density at radius 2 is 1.06 bits per heavy atom. The Labute approximate surface area is 376 Å². The summed E-state index contributed by atoms with van der Waals surface area (Å²) >= 11 is 1.69. The van der Waals surface area contributed by atoms with Crippen molar-refractivity contribution in [2.24, 2.45) is 11.5 Å². The van der Waals surface area contributed by atoms with Crippen molar-refractivity contribution < 1.29 is 52.7 Å². The first-order chi connectivity index (χ1) is 30.0. The molecule has 2 bridgehead atoms. The summed E-state index contributed by atoms with van der Waals surface area (Å²) in [6, 6.07) is -10.7. The number of fused-ring (bicyclic) bond motifs is 3. The van der Waals surface area contributed by atoms with E-state index < -0.39 is 114 Å². The highest BCUT2D eigenvalue weighted by molar-refractivity contribution is 8.00. The monoisotopic (exact) mass is 922 g/mol. The molecular formula is C40H66N12O11S. The average Bonchev–Trinajstić information content (AvgIpc) is 3.87. The number of primary amides is 1. The Bertz CT molecular complexity index is 1800. The highest BCUT2D eigenvalue weighted by Gasteiger charge is 2.50. The molecule has 3 rings (SSSR count). The Balaban J connectivity index is 1.49. The molecule has 11 amide bonds. The van der Waals surface area contributed by atoms with Gasteiger partial charge in [-0.05, 0) is 93.5 Å². The van der Waals surface area contributed by atoms with Crippen LogP contribution in [0.1, 0.15) is 93.9 Å². The Hall–Kier alpha value is -5.52. The molecule has 3 heterocycles. The predicted molar refractivity (Wildman–Crippen MR) is 233 cm³/mol. The minimum Gasteiger partial charge on any atom is -0.368 e. The van der Waals surface area contributed by atoms with Gasteiger partial charge >= 0.3 is 0 Å². The van der Waals surface area contributed by atoms with Crippen molar-refractivity contribution in [3.8, 4) is 0 Å². The summed E-state index contributed by atoms with van der Waals surface area (Å²) < 4.78 is 0. The third-order valence-electron chi connectivity index (χ3n) is 11.4. The van der Waals surface area contributed by atoms with Crippen LogP contribution < -0.4 is 54.0 Å². The summed E-state index contributed by atoms with van der Waals surface area (Å²) in [7, 11) is 0. The van der Waals surface area contributed by atoms with Crippen molar-refractivity contribution in [2.45, 2.75) is 166 Å². The van der Waals surface area contributed by atoms with E-state index in [1.165, 1.54) is 55.4 Å². The van der Waals surface area contributed by atoms with Gasteiger partial charge in [-0.25, -0.2) is 0 Å². The fourth-order valence-electron chi connectivity index (χ4n) is 7.40. The first kappa shape index (κ1) is 52.8. The summed E-state index contributed by atoms with van der Waals surface area (Å²) in [5.41, 5.74) is 10.8. The number of nitrogens with one attached hydrogen (secondary N) is 8. The van der Waals surface area contributed by atoms with Gasteiger partial charge in [0.2, 0.25) is 65.0 Å². The van der Waals surface area contributed by atoms with Gasteiger partial charge in [0.1, 0.15) is 60.4 Å². The molecule has 23 nitrogen and oxygen atoms in total. The first-order valence-corrected chi connectivity index (χ1v) is 22.6. The van der Waals surface area contributed by atoms with Crippen LogP contribution in [0.5, 0.6) is 0 Å². The van der Waals surface area contributed by atoms with Gasteiger partial charge in [0, 0.05) is 30.5 Å². The third kappa shape index (κ3) is 14.5. The van der Waals surface area contributed by atoms with Gasteiger partial charge < -0.3 is 63.8 Å². The van der Waals surface area contributed by atoms with E-state index in [-0.39, 0.29) is 29.5 Å². The minimum absolute atomic E-state index is 0.131. The molecule has 24 heteroatoms. The Morgan fingerprint density at radius 3 is 1.52 bits per heavy atom.